The van der Waals surface area contributed by atoms with E-state index in [0.717, 1.165) is 40.4 Å². The molecule has 1 atom stereocenters. The van der Waals surface area contributed by atoms with Crippen LogP contribution in [0.4, 0.5) is 0 Å². The van der Waals surface area contributed by atoms with Crippen molar-refractivity contribution >= 4 is 0 Å². The summed E-state index contributed by atoms with van der Waals surface area (Å²) in [4.78, 5) is 4.73. The largest absolute Gasteiger partial charge is 0.508 e. The van der Waals surface area contributed by atoms with Crippen LogP contribution >= 0.6 is 0 Å². The number of imidazole rings is 1. The molecule has 0 radical (unpaired) electrons. The van der Waals surface area contributed by atoms with E-state index in [-0.39, 0.29) is 11.8 Å². The smallest absolute Gasteiger partial charge is 0.115 e. The molecule has 0 fully saturated rings. The van der Waals surface area contributed by atoms with Gasteiger partial charge in [-0.3, -0.25) is 4.68 Å². The topological polar surface area (TPSA) is 55.9 Å². The molecule has 0 bridgehead atoms. The Morgan fingerprint density at radius 1 is 0.964 bits per heavy atom. The van der Waals surface area contributed by atoms with Crippen molar-refractivity contribution in [1.29, 1.82) is 0 Å². The number of hydrogen-bond donors (Lipinski definition) is 1. The summed E-state index contributed by atoms with van der Waals surface area (Å²) in [6, 6.07) is 19.8. The first-order valence-corrected chi connectivity index (χ1v) is 9.45. The van der Waals surface area contributed by atoms with Gasteiger partial charge in [-0.05, 0) is 51.1 Å². The molecule has 28 heavy (non-hydrogen) atoms. The maximum Gasteiger partial charge on any atom is 0.115 e. The summed E-state index contributed by atoms with van der Waals surface area (Å²) in [5, 5.41) is 14.3. The van der Waals surface area contributed by atoms with E-state index in [1.165, 1.54) is 0 Å². The van der Waals surface area contributed by atoms with Crippen molar-refractivity contribution in [2.45, 2.75) is 33.4 Å². The summed E-state index contributed by atoms with van der Waals surface area (Å²) in [6.07, 6.45) is 1.90. The third-order valence-corrected chi connectivity index (χ3v) is 4.95. The number of phenols is 1. The summed E-state index contributed by atoms with van der Waals surface area (Å²) in [7, 11) is 0. The fourth-order valence-electron chi connectivity index (χ4n) is 3.70. The Balaban J connectivity index is 1.78. The van der Waals surface area contributed by atoms with E-state index in [1.807, 2.05) is 43.6 Å². The van der Waals surface area contributed by atoms with E-state index in [4.69, 9.17) is 4.98 Å². The van der Waals surface area contributed by atoms with E-state index in [1.54, 1.807) is 12.1 Å². The first-order chi connectivity index (χ1) is 13.5. The first-order valence-electron chi connectivity index (χ1n) is 9.45. The van der Waals surface area contributed by atoms with Gasteiger partial charge in [0.1, 0.15) is 5.75 Å². The lowest BCUT2D eigenvalue weighted by molar-refractivity contribution is 0.418. The monoisotopic (exact) mass is 372 g/mol. The lowest BCUT2D eigenvalue weighted by Gasteiger charge is -2.18. The van der Waals surface area contributed by atoms with Crippen molar-refractivity contribution in [3.05, 3.63) is 78.4 Å². The summed E-state index contributed by atoms with van der Waals surface area (Å²) in [6.45, 7) is 7.02. The molecule has 0 spiro atoms. The highest BCUT2D eigenvalue weighted by molar-refractivity contribution is 5.78. The number of aromatic nitrogens is 4. The van der Waals surface area contributed by atoms with E-state index in [0.29, 0.717) is 0 Å². The van der Waals surface area contributed by atoms with Crippen LogP contribution in [0, 0.1) is 13.8 Å². The van der Waals surface area contributed by atoms with E-state index < -0.39 is 0 Å². The summed E-state index contributed by atoms with van der Waals surface area (Å²) >= 11 is 0. The zero-order valence-corrected chi connectivity index (χ0v) is 16.4. The molecule has 0 saturated heterocycles. The highest BCUT2D eigenvalue weighted by Crippen LogP contribution is 2.33. The second-order valence-electron chi connectivity index (χ2n) is 7.23. The van der Waals surface area contributed by atoms with Gasteiger partial charge in [-0.15, -0.1) is 0 Å². The number of aryl methyl sites for hydroxylation is 2. The third-order valence-electron chi connectivity index (χ3n) is 4.95. The Labute approximate surface area is 164 Å². The molecule has 0 aliphatic carbocycles. The SMILES string of the molecule is Cc1cc(C)n([C@H](C)Cn2cnc(-c3ccccc3)c2-c2ccc(O)cc2)n1. The lowest BCUT2D eigenvalue weighted by Crippen LogP contribution is -2.16. The Morgan fingerprint density at radius 2 is 1.68 bits per heavy atom. The minimum atomic E-state index is 0.183. The molecule has 0 amide bonds. The third kappa shape index (κ3) is 3.43. The minimum Gasteiger partial charge on any atom is -0.508 e. The number of nitrogens with zero attached hydrogens (tertiary/aromatic N) is 4. The van der Waals surface area contributed by atoms with Crippen LogP contribution in [-0.2, 0) is 6.54 Å². The normalized spacial score (nSPS) is 12.2. The number of phenolic OH excluding ortho intramolecular Hbond substituents is 1. The van der Waals surface area contributed by atoms with Crippen LogP contribution in [0.5, 0.6) is 5.75 Å². The van der Waals surface area contributed by atoms with Crippen molar-refractivity contribution in [3.8, 4) is 28.3 Å². The molecule has 2 aromatic heterocycles. The maximum atomic E-state index is 9.70. The Kier molecular flexibility index (Phi) is 4.74. The zero-order chi connectivity index (χ0) is 19.7. The molecule has 1 N–H and O–H groups in total. The van der Waals surface area contributed by atoms with Crippen LogP contribution in [-0.4, -0.2) is 24.4 Å². The quantitative estimate of drug-likeness (QED) is 0.536. The molecular formula is C23H24N4O. The van der Waals surface area contributed by atoms with Crippen LogP contribution < -0.4 is 0 Å². The van der Waals surface area contributed by atoms with Crippen molar-refractivity contribution in [2.75, 3.05) is 0 Å². The van der Waals surface area contributed by atoms with Gasteiger partial charge in [-0.2, -0.15) is 5.10 Å². The Bertz CT molecular complexity index is 1080. The van der Waals surface area contributed by atoms with Crippen molar-refractivity contribution in [3.63, 3.8) is 0 Å². The number of aromatic hydroxyl groups is 1. The molecule has 4 aromatic rings. The predicted octanol–water partition coefficient (Wildman–Crippen LogP) is 5.00. The van der Waals surface area contributed by atoms with Crippen molar-refractivity contribution in [2.24, 2.45) is 0 Å². The molecule has 142 valence electrons. The molecule has 0 aliphatic rings. The van der Waals surface area contributed by atoms with Gasteiger partial charge in [0.25, 0.3) is 0 Å². The van der Waals surface area contributed by atoms with Crippen molar-refractivity contribution < 1.29 is 5.11 Å². The molecule has 4 rings (SSSR count). The molecule has 2 heterocycles. The van der Waals surface area contributed by atoms with E-state index in [2.05, 4.69) is 46.4 Å². The van der Waals surface area contributed by atoms with Crippen LogP contribution in [0.25, 0.3) is 22.5 Å². The molecular weight excluding hydrogens is 348 g/mol. The highest BCUT2D eigenvalue weighted by atomic mass is 16.3. The van der Waals surface area contributed by atoms with Crippen LogP contribution in [0.15, 0.2) is 67.0 Å². The van der Waals surface area contributed by atoms with Gasteiger partial charge >= 0.3 is 0 Å². The number of hydrogen-bond acceptors (Lipinski definition) is 3. The second kappa shape index (κ2) is 7.35. The highest BCUT2D eigenvalue weighted by Gasteiger charge is 2.18. The van der Waals surface area contributed by atoms with Gasteiger partial charge in [-0.1, -0.05) is 30.3 Å². The van der Waals surface area contributed by atoms with Gasteiger partial charge in [0.15, 0.2) is 0 Å². The fraction of sp³-hybridized carbons (Fsp3) is 0.217. The number of rotatable bonds is 5. The molecule has 5 nitrogen and oxygen atoms in total. The van der Waals surface area contributed by atoms with Crippen LogP contribution in [0.1, 0.15) is 24.4 Å². The molecule has 0 unspecified atom stereocenters. The van der Waals surface area contributed by atoms with Gasteiger partial charge in [0.05, 0.1) is 29.5 Å². The summed E-state index contributed by atoms with van der Waals surface area (Å²) < 4.78 is 4.24. The lowest BCUT2D eigenvalue weighted by atomic mass is 10.0. The average molecular weight is 372 g/mol. The van der Waals surface area contributed by atoms with Gasteiger partial charge in [0.2, 0.25) is 0 Å². The minimum absolute atomic E-state index is 0.183. The van der Waals surface area contributed by atoms with Crippen molar-refractivity contribution in [1.82, 2.24) is 19.3 Å². The predicted molar refractivity (Wildman–Crippen MR) is 111 cm³/mol. The summed E-state index contributed by atoms with van der Waals surface area (Å²) in [5.74, 6) is 0.257. The average Bonchev–Trinajstić information content (AvgIpc) is 3.26. The number of benzene rings is 2. The molecule has 0 saturated carbocycles. The zero-order valence-electron chi connectivity index (χ0n) is 16.4. The van der Waals surface area contributed by atoms with Crippen LogP contribution in [0.3, 0.4) is 0 Å². The van der Waals surface area contributed by atoms with E-state index >= 15 is 0 Å². The standard InChI is InChI=1S/C23H24N4O/c1-16-13-17(2)27(25-16)18(3)14-26-15-24-22(19-7-5-4-6-8-19)23(26)20-9-11-21(28)12-10-20/h4-13,15,18,28H,14H2,1-3H3/t18-/m1/s1. The second-order valence-corrected chi connectivity index (χ2v) is 7.23. The van der Waals surface area contributed by atoms with E-state index in [9.17, 15) is 5.11 Å². The Morgan fingerprint density at radius 3 is 2.32 bits per heavy atom. The maximum absolute atomic E-state index is 9.70. The fourth-order valence-corrected chi connectivity index (χ4v) is 3.70. The van der Waals surface area contributed by atoms with Gasteiger partial charge < -0.3 is 9.67 Å². The van der Waals surface area contributed by atoms with Crippen LogP contribution in [0.2, 0.25) is 0 Å². The van der Waals surface area contributed by atoms with Gasteiger partial charge in [0, 0.05) is 23.4 Å². The first kappa shape index (κ1) is 18.0. The van der Waals surface area contributed by atoms with Gasteiger partial charge in [-0.25, -0.2) is 4.98 Å². The summed E-state index contributed by atoms with van der Waals surface area (Å²) in [5.41, 5.74) is 6.25. The Hall–Kier alpha value is -3.34. The molecule has 2 aromatic carbocycles. The molecule has 0 aliphatic heterocycles. The molecule has 5 heteroatoms.